The van der Waals surface area contributed by atoms with Gasteiger partial charge in [0.25, 0.3) is 5.91 Å². The molecule has 0 aliphatic carbocycles. The summed E-state index contributed by atoms with van der Waals surface area (Å²) in [5.74, 6) is -1.48. The average Bonchev–Trinajstić information content (AvgIpc) is 2.48. The number of hydrogen-bond donors (Lipinski definition) is 1. The maximum Gasteiger partial charge on any atom is 0.323 e. The van der Waals surface area contributed by atoms with Gasteiger partial charge < -0.3 is 14.7 Å². The highest BCUT2D eigenvalue weighted by molar-refractivity contribution is 6.43. The van der Waals surface area contributed by atoms with Crippen LogP contribution in [0.2, 0.25) is 10.0 Å². The lowest BCUT2D eigenvalue weighted by Crippen LogP contribution is -2.46. The second kappa shape index (κ2) is 7.11. The lowest BCUT2D eigenvalue weighted by atomic mass is 10.1. The number of aliphatic carboxylic acids is 1. The van der Waals surface area contributed by atoms with Crippen molar-refractivity contribution in [2.45, 2.75) is 18.9 Å². The average molecular weight is 332 g/mol. The Hall–Kier alpha value is -1.30. The molecule has 1 heterocycles. The molecule has 5 nitrogen and oxygen atoms in total. The highest BCUT2D eigenvalue weighted by Crippen LogP contribution is 2.28. The third kappa shape index (κ3) is 3.87. The van der Waals surface area contributed by atoms with Crippen molar-refractivity contribution in [3.63, 3.8) is 0 Å². The van der Waals surface area contributed by atoms with Gasteiger partial charge in [0.05, 0.1) is 15.6 Å². The number of rotatable bonds is 4. The van der Waals surface area contributed by atoms with Gasteiger partial charge >= 0.3 is 5.97 Å². The monoisotopic (exact) mass is 331 g/mol. The van der Waals surface area contributed by atoms with E-state index < -0.39 is 11.9 Å². The number of benzene rings is 1. The molecule has 1 aliphatic rings. The molecule has 1 fully saturated rings. The molecule has 0 bridgehead atoms. The summed E-state index contributed by atoms with van der Waals surface area (Å²) in [5.41, 5.74) is 0.219. The van der Waals surface area contributed by atoms with Gasteiger partial charge in [0.2, 0.25) is 0 Å². The molecule has 21 heavy (non-hydrogen) atoms. The predicted molar refractivity (Wildman–Crippen MR) is 79.0 cm³/mol. The molecule has 0 spiro atoms. The minimum Gasteiger partial charge on any atom is -0.480 e. The van der Waals surface area contributed by atoms with E-state index in [1.165, 1.54) is 4.90 Å². The molecule has 0 radical (unpaired) electrons. The summed E-state index contributed by atoms with van der Waals surface area (Å²) in [5, 5.41) is 9.46. The van der Waals surface area contributed by atoms with Crippen LogP contribution >= 0.6 is 23.2 Å². The highest BCUT2D eigenvalue weighted by Gasteiger charge is 2.29. The second-order valence-corrected chi connectivity index (χ2v) is 5.56. The van der Waals surface area contributed by atoms with E-state index in [2.05, 4.69) is 0 Å². The summed E-state index contributed by atoms with van der Waals surface area (Å²) in [4.78, 5) is 25.0. The molecule has 1 N–H and O–H groups in total. The Kier molecular flexibility index (Phi) is 5.45. The van der Waals surface area contributed by atoms with Gasteiger partial charge in [-0.2, -0.15) is 0 Å². The number of halogens is 2. The van der Waals surface area contributed by atoms with Crippen LogP contribution in [-0.4, -0.2) is 47.7 Å². The van der Waals surface area contributed by atoms with E-state index in [0.29, 0.717) is 26.1 Å². The molecular weight excluding hydrogens is 317 g/mol. The topological polar surface area (TPSA) is 66.8 Å². The fraction of sp³-hybridized carbons (Fsp3) is 0.429. The summed E-state index contributed by atoms with van der Waals surface area (Å²) in [6, 6.07) is 4.57. The van der Waals surface area contributed by atoms with E-state index in [1.807, 2.05) is 0 Å². The normalized spacial score (nSPS) is 15.7. The molecule has 1 aromatic rings. The van der Waals surface area contributed by atoms with Crippen molar-refractivity contribution in [1.29, 1.82) is 0 Å². The van der Waals surface area contributed by atoms with Crippen molar-refractivity contribution >= 4 is 35.1 Å². The highest BCUT2D eigenvalue weighted by atomic mass is 35.5. The van der Waals surface area contributed by atoms with Crippen LogP contribution in [0.5, 0.6) is 0 Å². The first-order valence-corrected chi connectivity index (χ1v) is 7.31. The summed E-state index contributed by atoms with van der Waals surface area (Å²) >= 11 is 12.0. The van der Waals surface area contributed by atoms with Gasteiger partial charge in [0.1, 0.15) is 6.54 Å². The molecule has 1 aromatic carbocycles. The van der Waals surface area contributed by atoms with E-state index in [9.17, 15) is 9.59 Å². The van der Waals surface area contributed by atoms with Crippen molar-refractivity contribution in [3.05, 3.63) is 33.8 Å². The second-order valence-electron chi connectivity index (χ2n) is 4.77. The molecule has 114 valence electrons. The van der Waals surface area contributed by atoms with Crippen molar-refractivity contribution in [1.82, 2.24) is 4.90 Å². The van der Waals surface area contributed by atoms with Gasteiger partial charge in [-0.15, -0.1) is 0 Å². The Bertz CT molecular complexity index is 544. The van der Waals surface area contributed by atoms with Gasteiger partial charge in [0.15, 0.2) is 0 Å². The Morgan fingerprint density at radius 2 is 1.95 bits per heavy atom. The molecule has 2 rings (SSSR count). The zero-order valence-corrected chi connectivity index (χ0v) is 12.7. The molecule has 0 atom stereocenters. The first kappa shape index (κ1) is 16.1. The maximum atomic E-state index is 12.6. The van der Waals surface area contributed by atoms with Crippen LogP contribution in [0.3, 0.4) is 0 Å². The van der Waals surface area contributed by atoms with E-state index in [0.717, 1.165) is 0 Å². The smallest absolute Gasteiger partial charge is 0.323 e. The maximum absolute atomic E-state index is 12.6. The zero-order valence-electron chi connectivity index (χ0n) is 11.2. The first-order chi connectivity index (χ1) is 10.0. The third-order valence-electron chi connectivity index (χ3n) is 3.38. The van der Waals surface area contributed by atoms with Gasteiger partial charge in [-0.3, -0.25) is 9.59 Å². The summed E-state index contributed by atoms with van der Waals surface area (Å²) in [6.45, 7) is 0.654. The van der Waals surface area contributed by atoms with Crippen LogP contribution in [0, 0.1) is 0 Å². The van der Waals surface area contributed by atoms with Gasteiger partial charge in [-0.05, 0) is 25.0 Å². The molecule has 7 heteroatoms. The molecule has 0 unspecified atom stereocenters. The number of nitrogens with zero attached hydrogens (tertiary/aromatic N) is 1. The van der Waals surface area contributed by atoms with Crippen molar-refractivity contribution in [2.75, 3.05) is 19.8 Å². The number of amides is 1. The SMILES string of the molecule is O=C(O)CN(C(=O)c1cccc(Cl)c1Cl)C1CCOCC1. The van der Waals surface area contributed by atoms with Gasteiger partial charge in [-0.25, -0.2) is 0 Å². The Balaban J connectivity index is 2.28. The number of ether oxygens (including phenoxy) is 1. The minimum atomic E-state index is -1.06. The van der Waals surface area contributed by atoms with Crippen LogP contribution < -0.4 is 0 Å². The number of carboxylic acids is 1. The lowest BCUT2D eigenvalue weighted by molar-refractivity contribution is -0.138. The fourth-order valence-corrected chi connectivity index (χ4v) is 2.71. The molecule has 1 amide bonds. The van der Waals surface area contributed by atoms with Crippen molar-refractivity contribution < 1.29 is 19.4 Å². The number of carbonyl (C=O) groups is 2. The van der Waals surface area contributed by atoms with E-state index in [1.54, 1.807) is 18.2 Å². The lowest BCUT2D eigenvalue weighted by Gasteiger charge is -2.33. The van der Waals surface area contributed by atoms with Crippen molar-refractivity contribution in [3.8, 4) is 0 Å². The van der Waals surface area contributed by atoms with Crippen molar-refractivity contribution in [2.24, 2.45) is 0 Å². The number of hydrogen-bond acceptors (Lipinski definition) is 3. The number of carboxylic acid groups (broad SMARTS) is 1. The van der Waals surface area contributed by atoms with Gasteiger partial charge in [-0.1, -0.05) is 29.3 Å². The standard InChI is InChI=1S/C14H15Cl2NO4/c15-11-3-1-2-10(13(11)16)14(20)17(8-12(18)19)9-4-6-21-7-5-9/h1-3,9H,4-8H2,(H,18,19). The Morgan fingerprint density at radius 3 is 2.57 bits per heavy atom. The predicted octanol–water partition coefficient (Wildman–Crippen LogP) is 2.70. The zero-order chi connectivity index (χ0) is 15.4. The molecule has 0 aromatic heterocycles. The Morgan fingerprint density at radius 1 is 1.29 bits per heavy atom. The van der Waals surface area contributed by atoms with E-state index >= 15 is 0 Å². The van der Waals surface area contributed by atoms with Crippen LogP contribution in [0.1, 0.15) is 23.2 Å². The van der Waals surface area contributed by atoms with Crippen LogP contribution in [0.15, 0.2) is 18.2 Å². The molecular formula is C14H15Cl2NO4. The Labute approximate surface area is 132 Å². The minimum absolute atomic E-state index is 0.145. The van der Waals surface area contributed by atoms with E-state index in [-0.39, 0.29) is 28.2 Å². The number of carbonyl (C=O) groups excluding carboxylic acids is 1. The van der Waals surface area contributed by atoms with Crippen LogP contribution in [0.25, 0.3) is 0 Å². The summed E-state index contributed by atoms with van der Waals surface area (Å²) in [6.07, 6.45) is 1.22. The molecule has 1 saturated heterocycles. The summed E-state index contributed by atoms with van der Waals surface area (Å²) < 4.78 is 5.25. The van der Waals surface area contributed by atoms with Crippen LogP contribution in [-0.2, 0) is 9.53 Å². The third-order valence-corrected chi connectivity index (χ3v) is 4.20. The molecule has 0 saturated carbocycles. The summed E-state index contributed by atoms with van der Waals surface area (Å²) in [7, 11) is 0. The molecule has 1 aliphatic heterocycles. The van der Waals surface area contributed by atoms with Gasteiger partial charge in [0, 0.05) is 19.3 Å². The quantitative estimate of drug-likeness (QED) is 0.921. The van der Waals surface area contributed by atoms with E-state index in [4.69, 9.17) is 33.0 Å². The van der Waals surface area contributed by atoms with Crippen LogP contribution in [0.4, 0.5) is 0 Å². The largest absolute Gasteiger partial charge is 0.480 e. The first-order valence-electron chi connectivity index (χ1n) is 6.55. The fourth-order valence-electron chi connectivity index (χ4n) is 2.33.